The number of non-ortho nitro benzene ring substituents is 1. The van der Waals surface area contributed by atoms with E-state index in [0.29, 0.717) is 17.9 Å². The highest BCUT2D eigenvalue weighted by atomic mass is 16.6. The molecule has 2 amide bonds. The third kappa shape index (κ3) is 5.43. The fourth-order valence-corrected chi connectivity index (χ4v) is 2.32. The molecule has 0 unspecified atom stereocenters. The number of hydrogen-bond acceptors (Lipinski definition) is 6. The molecular formula is C18H19N3O6. The molecule has 0 radical (unpaired) electrons. The van der Waals surface area contributed by atoms with Gasteiger partial charge in [-0.3, -0.25) is 30.6 Å². The normalized spacial score (nSPS) is 10.0. The van der Waals surface area contributed by atoms with Crippen LogP contribution in [-0.4, -0.2) is 31.0 Å². The molecule has 9 nitrogen and oxygen atoms in total. The van der Waals surface area contributed by atoms with Crippen molar-refractivity contribution in [3.8, 4) is 11.5 Å². The lowest BCUT2D eigenvalue weighted by molar-refractivity contribution is -0.384. The highest BCUT2D eigenvalue weighted by Crippen LogP contribution is 2.27. The smallest absolute Gasteiger partial charge is 0.270 e. The Bertz CT molecular complexity index is 853. The quantitative estimate of drug-likeness (QED) is 0.566. The van der Waals surface area contributed by atoms with Crippen molar-refractivity contribution in [3.05, 3.63) is 63.7 Å². The van der Waals surface area contributed by atoms with E-state index in [1.807, 2.05) is 6.07 Å². The van der Waals surface area contributed by atoms with E-state index in [9.17, 15) is 19.7 Å². The van der Waals surface area contributed by atoms with E-state index in [2.05, 4.69) is 10.9 Å². The number of carbonyl (C=O) groups excluding carboxylic acids is 2. The van der Waals surface area contributed by atoms with Crippen molar-refractivity contribution in [2.45, 2.75) is 12.8 Å². The van der Waals surface area contributed by atoms with Crippen LogP contribution in [0.25, 0.3) is 0 Å². The molecule has 0 saturated carbocycles. The molecule has 2 rings (SSSR count). The van der Waals surface area contributed by atoms with E-state index in [1.54, 1.807) is 12.1 Å². The van der Waals surface area contributed by atoms with Gasteiger partial charge in [0, 0.05) is 24.1 Å². The van der Waals surface area contributed by atoms with Gasteiger partial charge in [0.25, 0.3) is 11.6 Å². The Labute approximate surface area is 155 Å². The molecular weight excluding hydrogens is 354 g/mol. The Hall–Kier alpha value is -3.62. The summed E-state index contributed by atoms with van der Waals surface area (Å²) in [6.45, 7) is 0. The average Bonchev–Trinajstić information content (AvgIpc) is 2.70. The molecule has 0 aliphatic carbocycles. The highest BCUT2D eigenvalue weighted by molar-refractivity contribution is 5.95. The van der Waals surface area contributed by atoms with Crippen molar-refractivity contribution in [1.29, 1.82) is 0 Å². The number of methoxy groups -OCH3 is 2. The molecule has 0 aliphatic rings. The number of rotatable bonds is 7. The molecule has 0 bridgehead atoms. The minimum atomic E-state index is -0.641. The van der Waals surface area contributed by atoms with Gasteiger partial charge in [0.05, 0.1) is 19.1 Å². The van der Waals surface area contributed by atoms with Crippen molar-refractivity contribution in [2.24, 2.45) is 0 Å². The Morgan fingerprint density at radius 1 is 1.04 bits per heavy atom. The summed E-state index contributed by atoms with van der Waals surface area (Å²) in [6.07, 6.45) is 0.559. The van der Waals surface area contributed by atoms with Gasteiger partial charge in [-0.25, -0.2) is 0 Å². The predicted molar refractivity (Wildman–Crippen MR) is 96.6 cm³/mol. The molecule has 2 aromatic rings. The summed E-state index contributed by atoms with van der Waals surface area (Å²) >= 11 is 0. The van der Waals surface area contributed by atoms with Crippen LogP contribution in [0.4, 0.5) is 5.69 Å². The van der Waals surface area contributed by atoms with Crippen molar-refractivity contribution in [2.75, 3.05) is 14.2 Å². The maximum absolute atomic E-state index is 12.0. The van der Waals surface area contributed by atoms with E-state index in [-0.39, 0.29) is 17.7 Å². The fourth-order valence-electron chi connectivity index (χ4n) is 2.32. The van der Waals surface area contributed by atoms with Crippen LogP contribution < -0.4 is 20.3 Å². The van der Waals surface area contributed by atoms with Crippen molar-refractivity contribution < 1.29 is 24.0 Å². The van der Waals surface area contributed by atoms with Gasteiger partial charge >= 0.3 is 0 Å². The zero-order valence-electron chi connectivity index (χ0n) is 14.9. The lowest BCUT2D eigenvalue weighted by atomic mass is 10.1. The monoisotopic (exact) mass is 373 g/mol. The van der Waals surface area contributed by atoms with Crippen LogP contribution in [-0.2, 0) is 11.2 Å². The maximum atomic E-state index is 12.0. The number of nitro groups is 1. The van der Waals surface area contributed by atoms with E-state index < -0.39 is 16.7 Å². The number of nitrogens with one attached hydrogen (secondary N) is 2. The van der Waals surface area contributed by atoms with Crippen LogP contribution in [0.3, 0.4) is 0 Å². The second kappa shape index (κ2) is 9.18. The summed E-state index contributed by atoms with van der Waals surface area (Å²) in [4.78, 5) is 34.0. The van der Waals surface area contributed by atoms with E-state index in [4.69, 9.17) is 9.47 Å². The molecule has 142 valence electrons. The first kappa shape index (κ1) is 19.7. The number of hydrogen-bond donors (Lipinski definition) is 2. The number of benzene rings is 2. The molecule has 27 heavy (non-hydrogen) atoms. The topological polar surface area (TPSA) is 120 Å². The molecule has 0 saturated heterocycles. The zero-order chi connectivity index (χ0) is 19.8. The Balaban J connectivity index is 1.86. The predicted octanol–water partition coefficient (Wildman–Crippen LogP) is 2.01. The summed E-state index contributed by atoms with van der Waals surface area (Å²) in [6, 6.07) is 10.5. The third-order valence-electron chi connectivity index (χ3n) is 3.72. The first-order valence-electron chi connectivity index (χ1n) is 7.99. The largest absolute Gasteiger partial charge is 0.493 e. The number of nitrogens with zero attached hydrogens (tertiary/aromatic N) is 1. The SMILES string of the molecule is COc1ccc(CCC(=O)NNC(=O)c2cccc([N+](=O)[O-])c2)cc1OC. The van der Waals surface area contributed by atoms with Crippen molar-refractivity contribution in [3.63, 3.8) is 0 Å². The molecule has 0 atom stereocenters. The van der Waals surface area contributed by atoms with Crippen LogP contribution in [0.2, 0.25) is 0 Å². The van der Waals surface area contributed by atoms with E-state index in [0.717, 1.165) is 11.6 Å². The molecule has 2 aromatic carbocycles. The lowest BCUT2D eigenvalue weighted by Crippen LogP contribution is -2.41. The molecule has 2 N–H and O–H groups in total. The molecule has 0 aliphatic heterocycles. The number of carbonyl (C=O) groups is 2. The van der Waals surface area contributed by atoms with Crippen molar-refractivity contribution >= 4 is 17.5 Å². The third-order valence-corrected chi connectivity index (χ3v) is 3.72. The molecule has 0 heterocycles. The van der Waals surface area contributed by atoms with Crippen LogP contribution in [0, 0.1) is 10.1 Å². The number of amides is 2. The van der Waals surface area contributed by atoms with Gasteiger partial charge in [-0.1, -0.05) is 12.1 Å². The summed E-state index contributed by atoms with van der Waals surface area (Å²) in [5.74, 6) is 0.117. The maximum Gasteiger partial charge on any atom is 0.270 e. The molecule has 0 spiro atoms. The lowest BCUT2D eigenvalue weighted by Gasteiger charge is -2.10. The summed E-state index contributed by atoms with van der Waals surface area (Å²) in [5, 5.41) is 10.7. The van der Waals surface area contributed by atoms with E-state index >= 15 is 0 Å². The first-order valence-corrected chi connectivity index (χ1v) is 7.99. The minimum absolute atomic E-state index is 0.0735. The van der Waals surface area contributed by atoms with Gasteiger partial charge < -0.3 is 9.47 Å². The van der Waals surface area contributed by atoms with Gasteiger partial charge in [-0.2, -0.15) is 0 Å². The Morgan fingerprint density at radius 3 is 2.44 bits per heavy atom. The van der Waals surface area contributed by atoms with Gasteiger partial charge in [-0.15, -0.1) is 0 Å². The zero-order valence-corrected chi connectivity index (χ0v) is 14.9. The van der Waals surface area contributed by atoms with Gasteiger partial charge in [0.15, 0.2) is 11.5 Å². The van der Waals surface area contributed by atoms with Crippen LogP contribution >= 0.6 is 0 Å². The minimum Gasteiger partial charge on any atom is -0.493 e. The molecule has 0 fully saturated rings. The Morgan fingerprint density at radius 2 is 1.78 bits per heavy atom. The number of ether oxygens (including phenoxy) is 2. The number of hydrazine groups is 1. The average molecular weight is 373 g/mol. The Kier molecular flexibility index (Phi) is 6.70. The summed E-state index contributed by atoms with van der Waals surface area (Å²) < 4.78 is 10.4. The standard InChI is InChI=1S/C18H19N3O6/c1-26-15-8-6-12(10-16(15)27-2)7-9-17(22)19-20-18(23)13-4-3-5-14(11-13)21(24)25/h3-6,8,10-11H,7,9H2,1-2H3,(H,19,22)(H,20,23). The second-order valence-corrected chi connectivity index (χ2v) is 5.50. The van der Waals surface area contributed by atoms with Gasteiger partial charge in [-0.05, 0) is 30.2 Å². The first-order chi connectivity index (χ1) is 12.9. The molecule has 0 aromatic heterocycles. The number of nitro benzene ring substituents is 1. The molecule has 9 heteroatoms. The fraction of sp³-hybridized carbons (Fsp3) is 0.222. The van der Waals surface area contributed by atoms with Crippen LogP contribution in [0.15, 0.2) is 42.5 Å². The number of aryl methyl sites for hydroxylation is 1. The van der Waals surface area contributed by atoms with Crippen LogP contribution in [0.5, 0.6) is 11.5 Å². The summed E-state index contributed by atoms with van der Waals surface area (Å²) in [7, 11) is 3.06. The van der Waals surface area contributed by atoms with Gasteiger partial charge in [0.1, 0.15) is 0 Å². The second-order valence-electron chi connectivity index (χ2n) is 5.50. The van der Waals surface area contributed by atoms with Crippen LogP contribution in [0.1, 0.15) is 22.3 Å². The highest BCUT2D eigenvalue weighted by Gasteiger charge is 2.12. The van der Waals surface area contributed by atoms with Gasteiger partial charge in [0.2, 0.25) is 5.91 Å². The van der Waals surface area contributed by atoms with E-state index in [1.165, 1.54) is 32.4 Å². The van der Waals surface area contributed by atoms with Crippen molar-refractivity contribution in [1.82, 2.24) is 10.9 Å². The summed E-state index contributed by atoms with van der Waals surface area (Å²) in [5.41, 5.74) is 5.26.